The Morgan fingerprint density at radius 2 is 1.35 bits per heavy atom. The average Bonchev–Trinajstić information content (AvgIpc) is 2.73. The fourth-order valence-corrected chi connectivity index (χ4v) is 3.28. The molecule has 2 aromatic rings. The molecule has 10 heteroatoms. The second-order valence-electron chi connectivity index (χ2n) is 6.27. The summed E-state index contributed by atoms with van der Waals surface area (Å²) in [5.41, 5.74) is 1.69. The van der Waals surface area contributed by atoms with Crippen molar-refractivity contribution in [1.29, 1.82) is 0 Å². The molecule has 2 rings (SSSR count). The van der Waals surface area contributed by atoms with Gasteiger partial charge in [-0.1, -0.05) is 18.2 Å². The maximum Gasteiger partial charge on any atom is 1.00 e. The van der Waals surface area contributed by atoms with E-state index in [1.807, 2.05) is 30.4 Å². The normalized spacial score (nSPS) is 11.1. The van der Waals surface area contributed by atoms with Gasteiger partial charge < -0.3 is 33.5 Å². The molecule has 0 bridgehead atoms. The first kappa shape index (κ1) is 27.5. The summed E-state index contributed by atoms with van der Waals surface area (Å²) in [6.07, 6.45) is 3.60. The molecule has 2 aromatic carbocycles. The van der Waals surface area contributed by atoms with Crippen LogP contribution in [0.5, 0.6) is 28.7 Å². The van der Waals surface area contributed by atoms with E-state index >= 15 is 0 Å². The summed E-state index contributed by atoms with van der Waals surface area (Å²) < 4.78 is 27.0. The van der Waals surface area contributed by atoms with Crippen molar-refractivity contribution in [3.05, 3.63) is 41.5 Å². The Hall–Kier alpha value is -1.51. The molecular weight excluding hydrogens is 434 g/mol. The minimum atomic E-state index is -4.28. The van der Waals surface area contributed by atoms with E-state index in [4.69, 9.17) is 28.6 Å². The van der Waals surface area contributed by atoms with E-state index in [1.54, 1.807) is 33.5 Å². The predicted octanol–water partition coefficient (Wildman–Crippen LogP) is -0.860. The average molecular weight is 460 g/mol. The summed E-state index contributed by atoms with van der Waals surface area (Å²) in [4.78, 5) is 30.5. The van der Waals surface area contributed by atoms with Crippen LogP contribution in [0.4, 0.5) is 0 Å². The van der Waals surface area contributed by atoms with E-state index in [1.165, 1.54) is 7.11 Å². The first-order valence-electron chi connectivity index (χ1n) is 9.13. The Bertz CT molecular complexity index is 842. The predicted molar refractivity (Wildman–Crippen MR) is 112 cm³/mol. The third-order valence-electron chi connectivity index (χ3n) is 4.19. The SMILES string of the molecule is COc1ccc(/C=C\c2cc(OC)c(OC)c(OC)c2)cc1OCCC[P+]([O-])([O-])O.[Na+]. The van der Waals surface area contributed by atoms with Crippen LogP contribution in [-0.4, -0.2) is 46.1 Å². The Balaban J connectivity index is 0.00000480. The van der Waals surface area contributed by atoms with Crippen LogP contribution in [0.25, 0.3) is 12.2 Å². The van der Waals surface area contributed by atoms with Gasteiger partial charge in [-0.15, -0.1) is 0 Å². The van der Waals surface area contributed by atoms with Gasteiger partial charge in [-0.05, 0) is 35.4 Å². The van der Waals surface area contributed by atoms with Gasteiger partial charge in [0.2, 0.25) is 5.75 Å². The summed E-state index contributed by atoms with van der Waals surface area (Å²) >= 11 is 0. The van der Waals surface area contributed by atoms with Crippen molar-refractivity contribution in [3.63, 3.8) is 0 Å². The van der Waals surface area contributed by atoms with Gasteiger partial charge in [0.1, 0.15) is 0 Å². The fraction of sp³-hybridized carbons (Fsp3) is 0.333. The zero-order valence-corrected chi connectivity index (χ0v) is 21.3. The van der Waals surface area contributed by atoms with Gasteiger partial charge in [0.05, 0.1) is 41.2 Å². The number of hydrogen-bond acceptors (Lipinski definition) is 8. The van der Waals surface area contributed by atoms with Gasteiger partial charge >= 0.3 is 29.6 Å². The van der Waals surface area contributed by atoms with E-state index in [-0.39, 0.29) is 48.7 Å². The van der Waals surface area contributed by atoms with E-state index < -0.39 is 7.94 Å². The molecule has 0 saturated carbocycles. The van der Waals surface area contributed by atoms with Crippen LogP contribution in [0, 0.1) is 0 Å². The van der Waals surface area contributed by atoms with Gasteiger partial charge in [0, 0.05) is 14.4 Å². The standard InChI is InChI=1S/C21H27O8P.Na/c1-25-17-9-8-15(12-18(17)29-10-5-11-30(22,23)24)6-7-16-13-19(26-2)21(28-4)20(14-16)27-3;/h6-9,12-14H,5,10-11H2,1-4H3,(H2,22,23,24);/q;+1/p-1/b7-6-;. The van der Waals surface area contributed by atoms with E-state index in [2.05, 4.69) is 0 Å². The van der Waals surface area contributed by atoms with Crippen molar-refractivity contribution >= 4 is 20.1 Å². The fourth-order valence-electron chi connectivity index (χ4n) is 2.75. The molecule has 0 atom stereocenters. The van der Waals surface area contributed by atoms with Crippen LogP contribution in [0.15, 0.2) is 30.3 Å². The van der Waals surface area contributed by atoms with Crippen molar-refractivity contribution in [2.75, 3.05) is 41.2 Å². The van der Waals surface area contributed by atoms with Crippen molar-refractivity contribution in [2.24, 2.45) is 0 Å². The Morgan fingerprint density at radius 1 is 0.806 bits per heavy atom. The summed E-state index contributed by atoms with van der Waals surface area (Å²) in [5.74, 6) is 2.62. The molecule has 8 nitrogen and oxygen atoms in total. The van der Waals surface area contributed by atoms with Crippen LogP contribution in [0.2, 0.25) is 0 Å². The molecule has 0 spiro atoms. The second-order valence-corrected chi connectivity index (χ2v) is 7.99. The molecule has 0 aromatic heterocycles. The van der Waals surface area contributed by atoms with Crippen molar-refractivity contribution in [3.8, 4) is 28.7 Å². The molecule has 0 heterocycles. The zero-order chi connectivity index (χ0) is 22.1. The largest absolute Gasteiger partial charge is 1.00 e. The van der Waals surface area contributed by atoms with Crippen molar-refractivity contribution < 1.29 is 67.9 Å². The van der Waals surface area contributed by atoms with E-state index in [0.29, 0.717) is 28.7 Å². The topological polar surface area (TPSA) is 113 Å². The summed E-state index contributed by atoms with van der Waals surface area (Å²) in [6, 6.07) is 9.06. The van der Waals surface area contributed by atoms with Crippen LogP contribution in [0.1, 0.15) is 17.5 Å². The van der Waals surface area contributed by atoms with Gasteiger partial charge in [0.15, 0.2) is 23.0 Å². The summed E-state index contributed by atoms with van der Waals surface area (Å²) in [7, 11) is 1.90. The molecule has 0 aliphatic heterocycles. The van der Waals surface area contributed by atoms with Crippen molar-refractivity contribution in [1.82, 2.24) is 0 Å². The van der Waals surface area contributed by atoms with Crippen LogP contribution in [0.3, 0.4) is 0 Å². The van der Waals surface area contributed by atoms with Crippen molar-refractivity contribution in [2.45, 2.75) is 6.42 Å². The summed E-state index contributed by atoms with van der Waals surface area (Å²) in [6.45, 7) is 0.128. The second kappa shape index (κ2) is 13.1. The molecule has 0 amide bonds. The third kappa shape index (κ3) is 8.50. The number of hydrogen-bond donors (Lipinski definition) is 1. The molecule has 1 N–H and O–H groups in total. The molecule has 0 saturated heterocycles. The number of methoxy groups -OCH3 is 4. The van der Waals surface area contributed by atoms with Gasteiger partial charge in [-0.2, -0.15) is 0 Å². The zero-order valence-electron chi connectivity index (χ0n) is 18.4. The Kier molecular flexibility index (Phi) is 11.7. The van der Waals surface area contributed by atoms with Crippen LogP contribution < -0.4 is 63.0 Å². The minimum absolute atomic E-state index is 0. The maximum atomic E-state index is 10.8. The number of rotatable bonds is 11. The van der Waals surface area contributed by atoms with E-state index in [0.717, 1.165) is 11.1 Å². The smallest absolute Gasteiger partial charge is 0.660 e. The quantitative estimate of drug-likeness (QED) is 0.200. The van der Waals surface area contributed by atoms with Gasteiger partial charge in [-0.3, -0.25) is 4.89 Å². The number of benzene rings is 2. The Labute approximate surface area is 205 Å². The first-order valence-corrected chi connectivity index (χ1v) is 10.9. The first-order chi connectivity index (χ1) is 14.3. The molecule has 31 heavy (non-hydrogen) atoms. The maximum absolute atomic E-state index is 10.8. The van der Waals surface area contributed by atoms with Gasteiger partial charge in [-0.25, -0.2) is 0 Å². The monoisotopic (exact) mass is 460 g/mol. The molecule has 0 aliphatic rings. The number of ether oxygens (including phenoxy) is 5. The van der Waals surface area contributed by atoms with E-state index in [9.17, 15) is 9.79 Å². The molecule has 0 aliphatic carbocycles. The summed E-state index contributed by atoms with van der Waals surface area (Å²) in [5, 5.41) is 0. The molecule has 0 fully saturated rings. The van der Waals surface area contributed by atoms with Crippen LogP contribution in [-0.2, 0) is 0 Å². The third-order valence-corrected chi connectivity index (χ3v) is 5.07. The Morgan fingerprint density at radius 3 is 1.87 bits per heavy atom. The molecule has 0 unspecified atom stereocenters. The minimum Gasteiger partial charge on any atom is -0.660 e. The van der Waals surface area contributed by atoms with Gasteiger partial charge in [0.25, 0.3) is 0 Å². The van der Waals surface area contributed by atoms with Crippen LogP contribution >= 0.6 is 7.94 Å². The molecule has 164 valence electrons. The molecular formula is C21H26NaO8P. The molecule has 0 radical (unpaired) electrons.